The summed E-state index contributed by atoms with van der Waals surface area (Å²) in [5.41, 5.74) is 1.14. The second-order valence-electron chi connectivity index (χ2n) is 4.62. The maximum Gasteiger partial charge on any atom is 0.129 e. The summed E-state index contributed by atoms with van der Waals surface area (Å²) in [5, 5.41) is 9.27. The van der Waals surface area contributed by atoms with Crippen LogP contribution in [-0.2, 0) is 0 Å². The molecule has 17 heavy (non-hydrogen) atoms. The molecule has 88 valence electrons. The molecule has 0 aliphatic carbocycles. The predicted octanol–water partition coefficient (Wildman–Crippen LogP) is 1.52. The molecule has 2 bridgehead atoms. The summed E-state index contributed by atoms with van der Waals surface area (Å²) in [4.78, 5) is 8.77. The lowest BCUT2D eigenvalue weighted by Crippen LogP contribution is -2.46. The van der Waals surface area contributed by atoms with E-state index in [1.807, 2.05) is 18.3 Å². The third kappa shape index (κ3) is 1.86. The molecule has 2 aliphatic rings. The van der Waals surface area contributed by atoms with E-state index in [4.69, 9.17) is 16.9 Å². The van der Waals surface area contributed by atoms with Crippen LogP contribution >= 0.6 is 11.6 Å². The molecule has 2 aliphatic heterocycles. The van der Waals surface area contributed by atoms with Gasteiger partial charge in [0.05, 0.1) is 24.5 Å². The number of halogens is 1. The number of piperazine rings is 1. The highest BCUT2D eigenvalue weighted by molar-refractivity contribution is 6.29. The summed E-state index contributed by atoms with van der Waals surface area (Å²) in [5.74, 6) is 0. The van der Waals surface area contributed by atoms with E-state index in [1.165, 1.54) is 0 Å². The number of anilines is 1. The van der Waals surface area contributed by atoms with Crippen LogP contribution in [0.15, 0.2) is 18.3 Å². The molecule has 0 unspecified atom stereocenters. The van der Waals surface area contributed by atoms with Crippen LogP contribution in [0.1, 0.15) is 6.42 Å². The maximum absolute atomic E-state index is 8.74. The fourth-order valence-electron chi connectivity index (χ4n) is 2.89. The lowest BCUT2D eigenvalue weighted by Gasteiger charge is -2.34. The first-order valence-corrected chi connectivity index (χ1v) is 6.15. The van der Waals surface area contributed by atoms with Gasteiger partial charge in [-0.3, -0.25) is 4.90 Å². The fourth-order valence-corrected chi connectivity index (χ4v) is 3.00. The van der Waals surface area contributed by atoms with Gasteiger partial charge in [-0.05, 0) is 18.6 Å². The minimum atomic E-state index is 0.523. The van der Waals surface area contributed by atoms with E-state index in [0.717, 1.165) is 25.2 Å². The quantitative estimate of drug-likeness (QED) is 0.588. The molecule has 5 heteroatoms. The average Bonchev–Trinajstić information content (AvgIpc) is 2.90. The molecule has 2 fully saturated rings. The van der Waals surface area contributed by atoms with Crippen LogP contribution in [0, 0.1) is 11.3 Å². The lowest BCUT2D eigenvalue weighted by molar-refractivity contribution is 0.267. The van der Waals surface area contributed by atoms with E-state index in [9.17, 15) is 0 Å². The third-order valence-corrected chi connectivity index (χ3v) is 3.89. The molecule has 2 atom stereocenters. The van der Waals surface area contributed by atoms with Crippen LogP contribution in [-0.4, -0.2) is 41.6 Å². The molecule has 3 rings (SSSR count). The van der Waals surface area contributed by atoms with Gasteiger partial charge in [0.2, 0.25) is 0 Å². The summed E-state index contributed by atoms with van der Waals surface area (Å²) in [6.45, 7) is 2.53. The molecule has 0 aromatic carbocycles. The van der Waals surface area contributed by atoms with E-state index in [-0.39, 0.29) is 0 Å². The Kier molecular flexibility index (Phi) is 2.65. The SMILES string of the molecule is N#CCN1C[C@H]2C[C@@H]1CN2c1ccc(Cl)nc1. The Labute approximate surface area is 105 Å². The Morgan fingerprint density at radius 2 is 2.29 bits per heavy atom. The van der Waals surface area contributed by atoms with Gasteiger partial charge in [0.25, 0.3) is 0 Å². The standard InChI is InChI=1S/C12H13ClN4/c13-12-2-1-9(6-15-12)17-8-10-5-11(17)7-16(10)4-3-14/h1-2,6,10-11H,4-5,7-8H2/t10-,11-/m1/s1. The van der Waals surface area contributed by atoms with Gasteiger partial charge in [-0.1, -0.05) is 11.6 Å². The van der Waals surface area contributed by atoms with E-state index in [0.29, 0.717) is 23.8 Å². The van der Waals surface area contributed by atoms with Crippen LogP contribution in [0.25, 0.3) is 0 Å². The monoisotopic (exact) mass is 248 g/mol. The first kappa shape index (κ1) is 10.8. The van der Waals surface area contributed by atoms with Crippen molar-refractivity contribution in [3.63, 3.8) is 0 Å². The van der Waals surface area contributed by atoms with E-state index >= 15 is 0 Å². The summed E-state index contributed by atoms with van der Waals surface area (Å²) in [7, 11) is 0. The molecule has 1 aromatic heterocycles. The first-order chi connectivity index (χ1) is 8.28. The van der Waals surface area contributed by atoms with Gasteiger partial charge >= 0.3 is 0 Å². The van der Waals surface area contributed by atoms with Gasteiger partial charge in [0.1, 0.15) is 5.15 Å². The summed E-state index contributed by atoms with van der Waals surface area (Å²) >= 11 is 5.79. The number of likely N-dealkylation sites (tertiary alicyclic amines) is 1. The van der Waals surface area contributed by atoms with Crippen molar-refractivity contribution in [2.24, 2.45) is 0 Å². The minimum Gasteiger partial charge on any atom is -0.364 e. The van der Waals surface area contributed by atoms with Gasteiger partial charge in [-0.15, -0.1) is 0 Å². The number of hydrogen-bond acceptors (Lipinski definition) is 4. The van der Waals surface area contributed by atoms with E-state index < -0.39 is 0 Å². The first-order valence-electron chi connectivity index (χ1n) is 5.77. The van der Waals surface area contributed by atoms with Crippen molar-refractivity contribution >= 4 is 17.3 Å². The van der Waals surface area contributed by atoms with Gasteiger partial charge in [-0.2, -0.15) is 5.26 Å². The smallest absolute Gasteiger partial charge is 0.129 e. The number of nitrogens with zero attached hydrogens (tertiary/aromatic N) is 4. The molecule has 0 radical (unpaired) electrons. The molecule has 2 saturated heterocycles. The molecule has 1 aromatic rings. The molecular weight excluding hydrogens is 236 g/mol. The number of aromatic nitrogens is 1. The second kappa shape index (κ2) is 4.17. The Morgan fingerprint density at radius 3 is 2.88 bits per heavy atom. The fraction of sp³-hybridized carbons (Fsp3) is 0.500. The van der Waals surface area contributed by atoms with Crippen LogP contribution in [0.3, 0.4) is 0 Å². The Bertz CT molecular complexity index is 453. The van der Waals surface area contributed by atoms with Gasteiger partial charge in [0, 0.05) is 25.2 Å². The highest BCUT2D eigenvalue weighted by atomic mass is 35.5. The number of hydrogen-bond donors (Lipinski definition) is 0. The Morgan fingerprint density at radius 1 is 1.41 bits per heavy atom. The Hall–Kier alpha value is -1.31. The predicted molar refractivity (Wildman–Crippen MR) is 66.0 cm³/mol. The van der Waals surface area contributed by atoms with E-state index in [1.54, 1.807) is 0 Å². The largest absolute Gasteiger partial charge is 0.364 e. The second-order valence-corrected chi connectivity index (χ2v) is 5.01. The van der Waals surface area contributed by atoms with Crippen LogP contribution in [0.2, 0.25) is 5.15 Å². The van der Waals surface area contributed by atoms with Crippen molar-refractivity contribution in [1.82, 2.24) is 9.88 Å². The van der Waals surface area contributed by atoms with Crippen molar-refractivity contribution in [3.8, 4) is 6.07 Å². The summed E-state index contributed by atoms with van der Waals surface area (Å²) < 4.78 is 0. The van der Waals surface area contributed by atoms with E-state index in [2.05, 4.69) is 20.9 Å². The lowest BCUT2D eigenvalue weighted by atomic mass is 10.2. The summed E-state index contributed by atoms with van der Waals surface area (Å²) in [6.07, 6.45) is 2.99. The normalized spacial score (nSPS) is 27.4. The van der Waals surface area contributed by atoms with Crippen LogP contribution in [0.4, 0.5) is 5.69 Å². The van der Waals surface area contributed by atoms with Gasteiger partial charge < -0.3 is 4.90 Å². The topological polar surface area (TPSA) is 43.2 Å². The third-order valence-electron chi connectivity index (χ3n) is 3.67. The Balaban J connectivity index is 1.74. The van der Waals surface area contributed by atoms with Crippen LogP contribution in [0.5, 0.6) is 0 Å². The highest BCUT2D eigenvalue weighted by Crippen LogP contribution is 2.34. The zero-order chi connectivity index (χ0) is 11.8. The minimum absolute atomic E-state index is 0.523. The highest BCUT2D eigenvalue weighted by Gasteiger charge is 2.42. The molecule has 0 spiro atoms. The number of fused-ring (bicyclic) bond motifs is 2. The summed E-state index contributed by atoms with van der Waals surface area (Å²) in [6, 6.07) is 7.13. The molecule has 0 amide bonds. The van der Waals surface area contributed by atoms with Crippen molar-refractivity contribution in [3.05, 3.63) is 23.5 Å². The molecule has 0 saturated carbocycles. The number of nitriles is 1. The molecule has 0 N–H and O–H groups in total. The van der Waals surface area contributed by atoms with Gasteiger partial charge in [-0.25, -0.2) is 4.98 Å². The van der Waals surface area contributed by atoms with Crippen LogP contribution < -0.4 is 4.90 Å². The maximum atomic E-state index is 8.74. The average molecular weight is 249 g/mol. The number of rotatable bonds is 2. The van der Waals surface area contributed by atoms with Crippen molar-refractivity contribution in [1.29, 1.82) is 5.26 Å². The van der Waals surface area contributed by atoms with Crippen molar-refractivity contribution in [2.45, 2.75) is 18.5 Å². The zero-order valence-electron chi connectivity index (χ0n) is 9.38. The zero-order valence-corrected chi connectivity index (χ0v) is 10.1. The number of pyridine rings is 1. The molecule has 4 nitrogen and oxygen atoms in total. The molecule has 3 heterocycles. The van der Waals surface area contributed by atoms with Crippen molar-refractivity contribution in [2.75, 3.05) is 24.5 Å². The van der Waals surface area contributed by atoms with Crippen molar-refractivity contribution < 1.29 is 0 Å². The molecular formula is C12H13ClN4. The van der Waals surface area contributed by atoms with Gasteiger partial charge in [0.15, 0.2) is 0 Å².